The number of rotatable bonds is 3. The number of fused-ring (bicyclic) bond motifs is 1. The fourth-order valence-electron chi connectivity index (χ4n) is 2.41. The van der Waals surface area contributed by atoms with Crippen LogP contribution in [0.3, 0.4) is 0 Å². The molecule has 20 heavy (non-hydrogen) atoms. The van der Waals surface area contributed by atoms with Crippen LogP contribution in [0.5, 0.6) is 0 Å². The van der Waals surface area contributed by atoms with Gasteiger partial charge in [-0.25, -0.2) is 4.39 Å². The van der Waals surface area contributed by atoms with Crippen molar-refractivity contribution < 1.29 is 4.39 Å². The van der Waals surface area contributed by atoms with Gasteiger partial charge >= 0.3 is 0 Å². The summed E-state index contributed by atoms with van der Waals surface area (Å²) in [7, 11) is 0. The normalized spacial score (nSPS) is 12.8. The molecular weight excluding hydrogens is 269 g/mol. The summed E-state index contributed by atoms with van der Waals surface area (Å²) in [5.41, 5.74) is 8.38. The summed E-state index contributed by atoms with van der Waals surface area (Å²) in [6.45, 7) is 1.93. The highest BCUT2D eigenvalue weighted by Gasteiger charge is 2.12. The van der Waals surface area contributed by atoms with Gasteiger partial charge in [-0.2, -0.15) is 0 Å². The van der Waals surface area contributed by atoms with Crippen molar-refractivity contribution in [2.45, 2.75) is 19.4 Å². The molecule has 1 atom stereocenters. The molecule has 0 bridgehead atoms. The van der Waals surface area contributed by atoms with E-state index in [1.165, 1.54) is 21.0 Å². The van der Waals surface area contributed by atoms with Crippen LogP contribution in [0, 0.1) is 12.7 Å². The maximum atomic E-state index is 13.1. The maximum Gasteiger partial charge on any atom is 0.123 e. The largest absolute Gasteiger partial charge is 0.323 e. The first kappa shape index (κ1) is 13.3. The number of hydrogen-bond acceptors (Lipinski definition) is 2. The van der Waals surface area contributed by atoms with Gasteiger partial charge in [0, 0.05) is 15.6 Å². The number of benzene rings is 2. The quantitative estimate of drug-likeness (QED) is 0.748. The Morgan fingerprint density at radius 1 is 1.15 bits per heavy atom. The highest BCUT2D eigenvalue weighted by molar-refractivity contribution is 7.19. The first-order chi connectivity index (χ1) is 9.63. The molecular formula is C17H16FNS. The first-order valence-corrected chi connectivity index (χ1v) is 7.44. The van der Waals surface area contributed by atoms with Gasteiger partial charge in [0.25, 0.3) is 0 Å². The molecule has 1 heterocycles. The number of thiophene rings is 1. The molecule has 0 amide bonds. The summed E-state index contributed by atoms with van der Waals surface area (Å²) in [5.74, 6) is -0.193. The molecule has 0 saturated heterocycles. The van der Waals surface area contributed by atoms with E-state index in [0.29, 0.717) is 0 Å². The molecule has 0 aliphatic heterocycles. The van der Waals surface area contributed by atoms with Crippen LogP contribution in [0.25, 0.3) is 10.1 Å². The molecule has 0 spiro atoms. The third-order valence-corrected chi connectivity index (χ3v) is 4.80. The Balaban J connectivity index is 1.86. The van der Waals surface area contributed by atoms with E-state index in [2.05, 4.69) is 18.2 Å². The topological polar surface area (TPSA) is 26.0 Å². The highest BCUT2D eigenvalue weighted by atomic mass is 32.1. The predicted octanol–water partition coefficient (Wildman–Crippen LogP) is 4.59. The second-order valence-corrected chi connectivity index (χ2v) is 6.18. The predicted molar refractivity (Wildman–Crippen MR) is 83.6 cm³/mol. The van der Waals surface area contributed by atoms with E-state index in [-0.39, 0.29) is 11.9 Å². The van der Waals surface area contributed by atoms with E-state index < -0.39 is 0 Å². The van der Waals surface area contributed by atoms with Crippen LogP contribution in [0.1, 0.15) is 22.0 Å². The van der Waals surface area contributed by atoms with Crippen molar-refractivity contribution >= 4 is 21.4 Å². The highest BCUT2D eigenvalue weighted by Crippen LogP contribution is 2.30. The van der Waals surface area contributed by atoms with Crippen LogP contribution in [-0.4, -0.2) is 0 Å². The summed E-state index contributed by atoms with van der Waals surface area (Å²) >= 11 is 1.73. The zero-order valence-corrected chi connectivity index (χ0v) is 12.1. The van der Waals surface area contributed by atoms with E-state index in [1.807, 2.05) is 25.1 Å². The number of hydrogen-bond donors (Lipinski definition) is 1. The van der Waals surface area contributed by atoms with E-state index in [0.717, 1.165) is 17.5 Å². The van der Waals surface area contributed by atoms with Crippen molar-refractivity contribution in [3.8, 4) is 0 Å². The van der Waals surface area contributed by atoms with Gasteiger partial charge in [0.1, 0.15) is 5.82 Å². The fraction of sp³-hybridized carbons (Fsp3) is 0.176. The fourth-order valence-corrected chi connectivity index (χ4v) is 3.48. The molecule has 0 fully saturated rings. The lowest BCUT2D eigenvalue weighted by Crippen LogP contribution is -2.12. The van der Waals surface area contributed by atoms with Crippen molar-refractivity contribution in [2.24, 2.45) is 5.73 Å². The minimum atomic E-state index is -0.193. The molecule has 1 unspecified atom stereocenters. The summed E-state index contributed by atoms with van der Waals surface area (Å²) in [6.07, 6.45) is 0.735. The summed E-state index contributed by atoms with van der Waals surface area (Å²) in [6, 6.07) is 15.3. The second kappa shape index (κ2) is 5.35. The third-order valence-electron chi connectivity index (χ3n) is 3.55. The molecule has 0 aliphatic rings. The minimum Gasteiger partial charge on any atom is -0.323 e. The van der Waals surface area contributed by atoms with E-state index in [9.17, 15) is 4.39 Å². The Kier molecular flexibility index (Phi) is 3.55. The molecule has 102 valence electrons. The third kappa shape index (κ3) is 2.60. The molecule has 2 N–H and O–H groups in total. The van der Waals surface area contributed by atoms with E-state index in [4.69, 9.17) is 5.73 Å². The maximum absolute atomic E-state index is 13.1. The SMILES string of the molecule is Cc1cc(F)ccc1CC(N)c1cc2ccccc2s1. The summed E-state index contributed by atoms with van der Waals surface area (Å²) in [5, 5.41) is 1.23. The lowest BCUT2D eigenvalue weighted by atomic mass is 10.0. The summed E-state index contributed by atoms with van der Waals surface area (Å²) < 4.78 is 14.4. The van der Waals surface area contributed by atoms with Gasteiger partial charge in [-0.15, -0.1) is 11.3 Å². The Bertz CT molecular complexity index is 715. The van der Waals surface area contributed by atoms with Crippen molar-refractivity contribution in [3.05, 3.63) is 70.4 Å². The number of nitrogens with two attached hydrogens (primary N) is 1. The molecule has 1 aromatic heterocycles. The lowest BCUT2D eigenvalue weighted by Gasteiger charge is -2.11. The van der Waals surface area contributed by atoms with Gasteiger partial charge in [0.05, 0.1) is 0 Å². The molecule has 2 aromatic carbocycles. The Morgan fingerprint density at radius 2 is 1.95 bits per heavy atom. The zero-order valence-electron chi connectivity index (χ0n) is 11.3. The van der Waals surface area contributed by atoms with Gasteiger partial charge < -0.3 is 5.73 Å². The number of halogens is 1. The van der Waals surface area contributed by atoms with Gasteiger partial charge in [-0.1, -0.05) is 24.3 Å². The van der Waals surface area contributed by atoms with Crippen molar-refractivity contribution in [3.63, 3.8) is 0 Å². The van der Waals surface area contributed by atoms with Crippen LogP contribution < -0.4 is 5.73 Å². The van der Waals surface area contributed by atoms with Crippen LogP contribution in [0.2, 0.25) is 0 Å². The van der Waals surface area contributed by atoms with E-state index in [1.54, 1.807) is 17.4 Å². The van der Waals surface area contributed by atoms with Gasteiger partial charge in [0.15, 0.2) is 0 Å². The monoisotopic (exact) mass is 285 g/mol. The molecule has 1 nitrogen and oxygen atoms in total. The average Bonchev–Trinajstić information content (AvgIpc) is 2.86. The van der Waals surface area contributed by atoms with Gasteiger partial charge in [-0.05, 0) is 54.1 Å². The molecule has 0 radical (unpaired) electrons. The van der Waals surface area contributed by atoms with Gasteiger partial charge in [-0.3, -0.25) is 0 Å². The smallest absolute Gasteiger partial charge is 0.123 e. The summed E-state index contributed by atoms with van der Waals surface area (Å²) in [4.78, 5) is 1.18. The van der Waals surface area contributed by atoms with Crippen LogP contribution in [-0.2, 0) is 6.42 Å². The minimum absolute atomic E-state index is 0.0449. The first-order valence-electron chi connectivity index (χ1n) is 6.62. The lowest BCUT2D eigenvalue weighted by molar-refractivity contribution is 0.624. The van der Waals surface area contributed by atoms with Crippen molar-refractivity contribution in [1.82, 2.24) is 0 Å². The Labute approximate surface area is 121 Å². The standard InChI is InChI=1S/C17H16FNS/c1-11-8-14(18)7-6-12(11)9-15(19)17-10-13-4-2-3-5-16(13)20-17/h2-8,10,15H,9,19H2,1H3. The van der Waals surface area contributed by atoms with Gasteiger partial charge in [0.2, 0.25) is 0 Å². The Morgan fingerprint density at radius 3 is 2.70 bits per heavy atom. The van der Waals surface area contributed by atoms with Crippen molar-refractivity contribution in [2.75, 3.05) is 0 Å². The van der Waals surface area contributed by atoms with Crippen LogP contribution >= 0.6 is 11.3 Å². The van der Waals surface area contributed by atoms with Crippen LogP contribution in [0.15, 0.2) is 48.5 Å². The van der Waals surface area contributed by atoms with Crippen molar-refractivity contribution in [1.29, 1.82) is 0 Å². The molecule has 0 aliphatic carbocycles. The number of aryl methyl sites for hydroxylation is 1. The molecule has 3 heteroatoms. The molecule has 3 aromatic rings. The average molecular weight is 285 g/mol. The zero-order chi connectivity index (χ0) is 14.1. The Hall–Kier alpha value is -1.71. The molecule has 3 rings (SSSR count). The second-order valence-electron chi connectivity index (χ2n) is 5.07. The van der Waals surface area contributed by atoms with E-state index >= 15 is 0 Å². The molecule has 0 saturated carbocycles. The van der Waals surface area contributed by atoms with Crippen LogP contribution in [0.4, 0.5) is 4.39 Å².